The Morgan fingerprint density at radius 2 is 1.81 bits per heavy atom. The number of thiocarbonyl (C=S) groups is 1. The molecule has 0 radical (unpaired) electrons. The van der Waals surface area contributed by atoms with Crippen LogP contribution in [0.25, 0.3) is 5.69 Å². The zero-order chi connectivity index (χ0) is 25.4. The Hall–Kier alpha value is -4.17. The largest absolute Gasteiger partial charge is 0.497 e. The topological polar surface area (TPSA) is 79.6 Å². The lowest BCUT2D eigenvalue weighted by molar-refractivity contribution is 0.0697. The Kier molecular flexibility index (Phi) is 6.20. The van der Waals surface area contributed by atoms with Gasteiger partial charge in [0, 0.05) is 29.0 Å². The van der Waals surface area contributed by atoms with Crippen LogP contribution in [-0.4, -0.2) is 32.8 Å². The van der Waals surface area contributed by atoms with Crippen LogP contribution in [0.15, 0.2) is 79.0 Å². The van der Waals surface area contributed by atoms with Crippen LogP contribution in [0.5, 0.6) is 5.75 Å². The maximum atomic E-state index is 11.6. The molecule has 0 spiro atoms. The molecule has 8 heteroatoms. The molecule has 1 saturated heterocycles. The highest BCUT2D eigenvalue weighted by atomic mass is 32.1. The number of benzene rings is 2. The SMILES string of the molecule is COc1ccc(N2C(=S)NC(c3ccccn3)C2c2cc(C)n(-c3cccc(C(=O)O)c3)c2C)cc1. The van der Waals surface area contributed by atoms with Crippen LogP contribution in [0, 0.1) is 13.8 Å². The summed E-state index contributed by atoms with van der Waals surface area (Å²) in [4.78, 5) is 18.3. The lowest BCUT2D eigenvalue weighted by Gasteiger charge is -2.28. The number of anilines is 1. The van der Waals surface area contributed by atoms with Crippen LogP contribution in [0.1, 0.15) is 45.1 Å². The van der Waals surface area contributed by atoms with Crippen LogP contribution in [-0.2, 0) is 0 Å². The third-order valence-electron chi connectivity index (χ3n) is 6.59. The molecule has 2 aromatic carbocycles. The number of hydrogen-bond donors (Lipinski definition) is 2. The van der Waals surface area contributed by atoms with E-state index in [1.54, 1.807) is 31.5 Å². The van der Waals surface area contributed by atoms with Gasteiger partial charge in [-0.15, -0.1) is 0 Å². The summed E-state index contributed by atoms with van der Waals surface area (Å²) in [7, 11) is 1.64. The molecule has 1 fully saturated rings. The van der Waals surface area contributed by atoms with E-state index >= 15 is 0 Å². The van der Waals surface area contributed by atoms with E-state index in [9.17, 15) is 9.90 Å². The summed E-state index contributed by atoms with van der Waals surface area (Å²) < 4.78 is 7.44. The van der Waals surface area contributed by atoms with Crippen LogP contribution < -0.4 is 15.0 Å². The molecule has 2 N–H and O–H groups in total. The van der Waals surface area contributed by atoms with Crippen LogP contribution >= 0.6 is 12.2 Å². The summed E-state index contributed by atoms with van der Waals surface area (Å²) in [5, 5.41) is 13.6. The number of hydrogen-bond acceptors (Lipinski definition) is 4. The van der Waals surface area contributed by atoms with Crippen molar-refractivity contribution in [2.45, 2.75) is 25.9 Å². The van der Waals surface area contributed by atoms with Crippen LogP contribution in [0.3, 0.4) is 0 Å². The average Bonchev–Trinajstić information content (AvgIpc) is 3.39. The number of carboxylic acids is 1. The Labute approximate surface area is 215 Å². The molecule has 1 aliphatic rings. The number of carboxylic acid groups (broad SMARTS) is 1. The molecule has 0 saturated carbocycles. The number of aromatic nitrogens is 2. The molecule has 2 atom stereocenters. The summed E-state index contributed by atoms with van der Waals surface area (Å²) in [6, 6.07) is 22.5. The summed E-state index contributed by atoms with van der Waals surface area (Å²) >= 11 is 5.84. The van der Waals surface area contributed by atoms with E-state index in [4.69, 9.17) is 17.0 Å². The number of ether oxygens (including phenoxy) is 1. The number of carbonyl (C=O) groups is 1. The third-order valence-corrected chi connectivity index (χ3v) is 6.90. The van der Waals surface area contributed by atoms with Gasteiger partial charge in [-0.25, -0.2) is 4.79 Å². The number of pyridine rings is 1. The molecule has 0 aliphatic carbocycles. The van der Waals surface area contributed by atoms with Crippen molar-refractivity contribution in [2.24, 2.45) is 0 Å². The first kappa shape index (κ1) is 23.6. The van der Waals surface area contributed by atoms with Gasteiger partial charge in [0.2, 0.25) is 0 Å². The minimum absolute atomic E-state index is 0.177. The van der Waals surface area contributed by atoms with E-state index in [2.05, 4.69) is 32.8 Å². The monoisotopic (exact) mass is 498 g/mol. The van der Waals surface area contributed by atoms with Gasteiger partial charge in [0.05, 0.1) is 30.5 Å². The highest BCUT2D eigenvalue weighted by molar-refractivity contribution is 7.80. The highest BCUT2D eigenvalue weighted by Gasteiger charge is 2.42. The normalized spacial score (nSPS) is 17.2. The molecule has 0 amide bonds. The summed E-state index contributed by atoms with van der Waals surface area (Å²) in [6.45, 7) is 4.08. The number of nitrogens with zero attached hydrogens (tertiary/aromatic N) is 3. The minimum atomic E-state index is -0.953. The average molecular weight is 499 g/mol. The minimum Gasteiger partial charge on any atom is -0.497 e. The Morgan fingerprint density at radius 3 is 2.47 bits per heavy atom. The second-order valence-corrected chi connectivity index (χ2v) is 9.10. The Morgan fingerprint density at radius 1 is 1.03 bits per heavy atom. The molecular formula is C28H26N4O3S. The fourth-order valence-corrected chi connectivity index (χ4v) is 5.30. The molecule has 5 rings (SSSR count). The maximum Gasteiger partial charge on any atom is 0.335 e. The molecule has 36 heavy (non-hydrogen) atoms. The molecule has 4 aromatic rings. The molecule has 182 valence electrons. The van der Waals surface area contributed by atoms with Gasteiger partial charge in [0.15, 0.2) is 5.11 Å². The standard InChI is InChI=1S/C28H26N4O3S/c1-17-15-23(18(2)31(17)21-8-6-7-19(16-21)27(33)34)26-25(24-9-4-5-14-29-24)30-28(36)32(26)20-10-12-22(35-3)13-11-20/h4-16,25-26H,1-3H3,(H,30,36)(H,33,34). The highest BCUT2D eigenvalue weighted by Crippen LogP contribution is 2.44. The van der Waals surface area contributed by atoms with E-state index in [-0.39, 0.29) is 17.6 Å². The number of methoxy groups -OCH3 is 1. The van der Waals surface area contributed by atoms with Crippen molar-refractivity contribution in [1.82, 2.24) is 14.9 Å². The first-order valence-corrected chi connectivity index (χ1v) is 12.0. The van der Waals surface area contributed by atoms with Crippen molar-refractivity contribution in [3.05, 3.63) is 107 Å². The van der Waals surface area contributed by atoms with E-state index in [0.717, 1.165) is 39.8 Å². The predicted molar refractivity (Wildman–Crippen MR) is 143 cm³/mol. The molecule has 7 nitrogen and oxygen atoms in total. The number of rotatable bonds is 6. The first-order valence-electron chi connectivity index (χ1n) is 11.6. The van der Waals surface area contributed by atoms with Crippen molar-refractivity contribution < 1.29 is 14.6 Å². The molecule has 2 unspecified atom stereocenters. The summed E-state index contributed by atoms with van der Waals surface area (Å²) in [5.74, 6) is -0.183. The second kappa shape index (κ2) is 9.47. The predicted octanol–water partition coefficient (Wildman–Crippen LogP) is 5.37. The second-order valence-electron chi connectivity index (χ2n) is 8.71. The fourth-order valence-electron chi connectivity index (χ4n) is 4.95. The van der Waals surface area contributed by atoms with E-state index in [1.165, 1.54) is 0 Å². The van der Waals surface area contributed by atoms with Crippen LogP contribution in [0.4, 0.5) is 5.69 Å². The van der Waals surface area contributed by atoms with Gasteiger partial charge < -0.3 is 24.6 Å². The third kappa shape index (κ3) is 4.09. The van der Waals surface area contributed by atoms with Crippen molar-refractivity contribution in [3.63, 3.8) is 0 Å². The Bertz CT molecular complexity index is 1430. The molecular weight excluding hydrogens is 472 g/mol. The van der Waals surface area contributed by atoms with Crippen molar-refractivity contribution in [2.75, 3.05) is 12.0 Å². The number of nitrogens with one attached hydrogen (secondary N) is 1. The summed E-state index contributed by atoms with van der Waals surface area (Å²) in [5.41, 5.74) is 5.95. The zero-order valence-electron chi connectivity index (χ0n) is 20.2. The fraction of sp³-hybridized carbons (Fsp3) is 0.179. The number of aromatic carboxylic acids is 1. The van der Waals surface area contributed by atoms with Gasteiger partial charge in [-0.3, -0.25) is 4.98 Å². The van der Waals surface area contributed by atoms with Gasteiger partial charge in [0.1, 0.15) is 5.75 Å². The molecule has 1 aliphatic heterocycles. The van der Waals surface area contributed by atoms with Gasteiger partial charge in [-0.05, 0) is 92.3 Å². The van der Waals surface area contributed by atoms with E-state index in [0.29, 0.717) is 5.11 Å². The quantitative estimate of drug-likeness (QED) is 0.346. The van der Waals surface area contributed by atoms with Crippen molar-refractivity contribution in [1.29, 1.82) is 0 Å². The van der Waals surface area contributed by atoms with Gasteiger partial charge >= 0.3 is 5.97 Å². The lowest BCUT2D eigenvalue weighted by atomic mass is 9.96. The van der Waals surface area contributed by atoms with Gasteiger partial charge in [-0.2, -0.15) is 0 Å². The zero-order valence-corrected chi connectivity index (χ0v) is 21.0. The lowest BCUT2D eigenvalue weighted by Crippen LogP contribution is -2.29. The summed E-state index contributed by atoms with van der Waals surface area (Å²) in [6.07, 6.45) is 1.79. The van der Waals surface area contributed by atoms with Gasteiger partial charge in [-0.1, -0.05) is 12.1 Å². The van der Waals surface area contributed by atoms with Crippen molar-refractivity contribution >= 4 is 29.0 Å². The number of aryl methyl sites for hydroxylation is 1. The van der Waals surface area contributed by atoms with E-state index in [1.807, 2.05) is 55.5 Å². The van der Waals surface area contributed by atoms with Crippen molar-refractivity contribution in [3.8, 4) is 11.4 Å². The van der Waals surface area contributed by atoms with Gasteiger partial charge in [0.25, 0.3) is 0 Å². The maximum absolute atomic E-state index is 11.6. The molecule has 2 aromatic heterocycles. The molecule has 0 bridgehead atoms. The Balaban J connectivity index is 1.66. The molecule has 3 heterocycles. The van der Waals surface area contributed by atoms with E-state index < -0.39 is 5.97 Å². The van der Waals surface area contributed by atoms with Crippen LogP contribution in [0.2, 0.25) is 0 Å². The first-order chi connectivity index (χ1) is 17.4. The smallest absolute Gasteiger partial charge is 0.335 e.